The molecule has 0 radical (unpaired) electrons. The van der Waals surface area contributed by atoms with Crippen molar-refractivity contribution in [3.63, 3.8) is 0 Å². The molecule has 0 unspecified atom stereocenters. The lowest BCUT2D eigenvalue weighted by atomic mass is 10.2. The molecule has 1 fully saturated rings. The van der Waals surface area contributed by atoms with Crippen LogP contribution in [0.3, 0.4) is 0 Å². The van der Waals surface area contributed by atoms with Gasteiger partial charge in [0.25, 0.3) is 0 Å². The highest BCUT2D eigenvalue weighted by Crippen LogP contribution is 2.27. The van der Waals surface area contributed by atoms with Gasteiger partial charge < -0.3 is 25.4 Å². The molecular formula is C12H17N3O6. The van der Waals surface area contributed by atoms with Crippen LogP contribution >= 0.6 is 0 Å². The molecule has 0 aromatic carbocycles. The number of ether oxygens (including phenoxy) is 2. The number of aromatic nitrogens is 2. The molecule has 3 atom stereocenters. The second kappa shape index (κ2) is 6.20. The third-order valence-electron chi connectivity index (χ3n) is 3.17. The first-order valence-corrected chi connectivity index (χ1v) is 6.48. The topological polar surface area (TPSA) is 137 Å². The molecule has 1 saturated heterocycles. The van der Waals surface area contributed by atoms with Crippen LogP contribution in [0.1, 0.15) is 29.9 Å². The molecule has 9 heteroatoms. The molecule has 2 rings (SSSR count). The van der Waals surface area contributed by atoms with E-state index in [1.54, 1.807) is 6.92 Å². The Morgan fingerprint density at radius 1 is 1.67 bits per heavy atom. The standard InChI is InChI=1S/C12H17N3O6/c1-2-20-11(18)6-4-15(12(19)14-10(6)13)9-3-7(17)8(5-16)21-9/h4,7-9,16-17H,2-3,5H2,1H3,(H2,13,14,19)/t7-,8+,9+/m0/s1. The second-order valence-corrected chi connectivity index (χ2v) is 4.56. The van der Waals surface area contributed by atoms with Crippen molar-refractivity contribution in [1.29, 1.82) is 0 Å². The van der Waals surface area contributed by atoms with Gasteiger partial charge in [0.05, 0.1) is 19.3 Å². The summed E-state index contributed by atoms with van der Waals surface area (Å²) in [4.78, 5) is 27.2. The molecule has 0 bridgehead atoms. The van der Waals surface area contributed by atoms with Crippen LogP contribution in [0.5, 0.6) is 0 Å². The van der Waals surface area contributed by atoms with Crippen LogP contribution in [0.2, 0.25) is 0 Å². The van der Waals surface area contributed by atoms with E-state index in [2.05, 4.69) is 4.98 Å². The fourth-order valence-corrected chi connectivity index (χ4v) is 2.10. The number of rotatable bonds is 4. The number of hydrogen-bond acceptors (Lipinski definition) is 8. The van der Waals surface area contributed by atoms with E-state index in [4.69, 9.17) is 20.3 Å². The molecule has 1 aliphatic rings. The number of carbonyl (C=O) groups is 1. The Morgan fingerprint density at radius 2 is 2.38 bits per heavy atom. The number of nitrogens with zero attached hydrogens (tertiary/aromatic N) is 2. The molecule has 0 aliphatic carbocycles. The maximum Gasteiger partial charge on any atom is 0.351 e. The van der Waals surface area contributed by atoms with Gasteiger partial charge in [-0.05, 0) is 6.92 Å². The molecule has 0 saturated carbocycles. The Kier molecular flexibility index (Phi) is 4.56. The van der Waals surface area contributed by atoms with E-state index in [-0.39, 0.29) is 31.0 Å². The van der Waals surface area contributed by atoms with E-state index in [9.17, 15) is 14.7 Å². The average Bonchev–Trinajstić information content (AvgIpc) is 2.80. The summed E-state index contributed by atoms with van der Waals surface area (Å²) in [5, 5.41) is 18.7. The highest BCUT2D eigenvalue weighted by molar-refractivity contribution is 5.93. The summed E-state index contributed by atoms with van der Waals surface area (Å²) in [5.74, 6) is -0.930. The zero-order valence-corrected chi connectivity index (χ0v) is 11.4. The third kappa shape index (κ3) is 3.04. The lowest BCUT2D eigenvalue weighted by Crippen LogP contribution is -2.30. The van der Waals surface area contributed by atoms with Gasteiger partial charge in [-0.25, -0.2) is 9.59 Å². The first-order chi connectivity index (χ1) is 9.97. The van der Waals surface area contributed by atoms with Crippen LogP contribution < -0.4 is 11.4 Å². The summed E-state index contributed by atoms with van der Waals surface area (Å²) >= 11 is 0. The molecule has 0 amide bonds. The smallest absolute Gasteiger partial charge is 0.351 e. The summed E-state index contributed by atoms with van der Waals surface area (Å²) in [7, 11) is 0. The minimum Gasteiger partial charge on any atom is -0.462 e. The number of nitrogen functional groups attached to an aromatic ring is 1. The highest BCUT2D eigenvalue weighted by atomic mass is 16.5. The quantitative estimate of drug-likeness (QED) is 0.580. The number of hydrogen-bond donors (Lipinski definition) is 3. The average molecular weight is 299 g/mol. The van der Waals surface area contributed by atoms with Crippen molar-refractivity contribution in [2.45, 2.75) is 31.8 Å². The van der Waals surface area contributed by atoms with E-state index in [1.165, 1.54) is 6.20 Å². The Hall–Kier alpha value is -1.97. The fourth-order valence-electron chi connectivity index (χ4n) is 2.10. The van der Waals surface area contributed by atoms with Gasteiger partial charge in [-0.3, -0.25) is 4.57 Å². The lowest BCUT2D eigenvalue weighted by Gasteiger charge is -2.15. The van der Waals surface area contributed by atoms with E-state index in [0.29, 0.717) is 0 Å². The molecule has 4 N–H and O–H groups in total. The highest BCUT2D eigenvalue weighted by Gasteiger charge is 2.35. The zero-order valence-electron chi connectivity index (χ0n) is 11.4. The van der Waals surface area contributed by atoms with E-state index in [1.807, 2.05) is 0 Å². The van der Waals surface area contributed by atoms with Crippen molar-refractivity contribution in [3.8, 4) is 0 Å². The zero-order chi connectivity index (χ0) is 15.6. The van der Waals surface area contributed by atoms with Crippen LogP contribution in [0.15, 0.2) is 11.0 Å². The minimum atomic E-state index is -0.907. The molecule has 2 heterocycles. The van der Waals surface area contributed by atoms with Crippen molar-refractivity contribution >= 4 is 11.8 Å². The number of anilines is 1. The molecule has 1 aromatic rings. The Morgan fingerprint density at radius 3 is 2.95 bits per heavy atom. The minimum absolute atomic E-state index is 0.0537. The predicted octanol–water partition coefficient (Wildman–Crippen LogP) is -1.36. The SMILES string of the molecule is CCOC(=O)c1cn([C@H]2C[C@H](O)[C@@H](CO)O2)c(=O)nc1N. The van der Waals surface area contributed by atoms with Crippen LogP contribution in [0.4, 0.5) is 5.82 Å². The molecule has 21 heavy (non-hydrogen) atoms. The van der Waals surface area contributed by atoms with Gasteiger partial charge >= 0.3 is 11.7 Å². The van der Waals surface area contributed by atoms with Crippen molar-refractivity contribution < 1.29 is 24.5 Å². The first-order valence-electron chi connectivity index (χ1n) is 6.48. The van der Waals surface area contributed by atoms with Crippen LogP contribution in [0, 0.1) is 0 Å². The van der Waals surface area contributed by atoms with Gasteiger partial charge in [-0.1, -0.05) is 0 Å². The summed E-state index contributed by atoms with van der Waals surface area (Å²) in [5.41, 5.74) is 4.78. The monoisotopic (exact) mass is 299 g/mol. The number of nitrogens with two attached hydrogens (primary N) is 1. The molecule has 0 spiro atoms. The van der Waals surface area contributed by atoms with Crippen LogP contribution in [-0.2, 0) is 9.47 Å². The molecule has 1 aromatic heterocycles. The molecule has 1 aliphatic heterocycles. The Balaban J connectivity index is 2.34. The lowest BCUT2D eigenvalue weighted by molar-refractivity contribution is -0.0459. The second-order valence-electron chi connectivity index (χ2n) is 4.56. The summed E-state index contributed by atoms with van der Waals surface area (Å²) < 4.78 is 11.2. The maximum atomic E-state index is 11.9. The van der Waals surface area contributed by atoms with Gasteiger partial charge in [0, 0.05) is 12.6 Å². The summed E-state index contributed by atoms with van der Waals surface area (Å²) in [6.07, 6.45) is -1.23. The van der Waals surface area contributed by atoms with Gasteiger partial charge in [0.1, 0.15) is 23.7 Å². The number of aliphatic hydroxyl groups excluding tert-OH is 2. The molecule has 9 nitrogen and oxygen atoms in total. The van der Waals surface area contributed by atoms with E-state index >= 15 is 0 Å². The first kappa shape index (κ1) is 15.4. The van der Waals surface area contributed by atoms with Crippen LogP contribution in [-0.4, -0.2) is 51.2 Å². The Bertz CT molecular complexity index is 587. The van der Waals surface area contributed by atoms with Crippen molar-refractivity contribution in [2.24, 2.45) is 0 Å². The number of esters is 1. The number of carbonyl (C=O) groups excluding carboxylic acids is 1. The van der Waals surface area contributed by atoms with Gasteiger partial charge in [-0.2, -0.15) is 4.98 Å². The third-order valence-corrected chi connectivity index (χ3v) is 3.17. The molecular weight excluding hydrogens is 282 g/mol. The van der Waals surface area contributed by atoms with Gasteiger partial charge in [0.2, 0.25) is 0 Å². The predicted molar refractivity (Wildman–Crippen MR) is 70.5 cm³/mol. The van der Waals surface area contributed by atoms with Gasteiger partial charge in [0.15, 0.2) is 0 Å². The van der Waals surface area contributed by atoms with Crippen molar-refractivity contribution in [2.75, 3.05) is 18.9 Å². The maximum absolute atomic E-state index is 11.9. The summed E-state index contributed by atoms with van der Waals surface area (Å²) in [6.45, 7) is 1.42. The van der Waals surface area contributed by atoms with Gasteiger partial charge in [-0.15, -0.1) is 0 Å². The largest absolute Gasteiger partial charge is 0.462 e. The Labute approximate surface area is 119 Å². The van der Waals surface area contributed by atoms with Crippen molar-refractivity contribution in [3.05, 3.63) is 22.2 Å². The normalized spacial score (nSPS) is 25.0. The molecule has 116 valence electrons. The van der Waals surface area contributed by atoms with Crippen molar-refractivity contribution in [1.82, 2.24) is 9.55 Å². The van der Waals surface area contributed by atoms with Crippen LogP contribution in [0.25, 0.3) is 0 Å². The van der Waals surface area contributed by atoms with E-state index < -0.39 is 30.1 Å². The summed E-state index contributed by atoms with van der Waals surface area (Å²) in [6, 6.07) is 0. The number of aliphatic hydroxyl groups is 2. The van der Waals surface area contributed by atoms with E-state index in [0.717, 1.165) is 4.57 Å². The fraction of sp³-hybridized carbons (Fsp3) is 0.583.